The van der Waals surface area contributed by atoms with Crippen molar-refractivity contribution in [2.45, 2.75) is 47.7 Å². The van der Waals surface area contributed by atoms with E-state index < -0.39 is 9.73 Å². The van der Waals surface area contributed by atoms with Crippen LogP contribution in [0.4, 0.5) is 17.2 Å². The molecule has 1 unspecified atom stereocenters. The third kappa shape index (κ3) is 3.98. The van der Waals surface area contributed by atoms with Crippen LogP contribution in [0.2, 0.25) is 0 Å². The molecule has 9 heteroatoms. The summed E-state index contributed by atoms with van der Waals surface area (Å²) >= 11 is 0. The second-order valence-electron chi connectivity index (χ2n) is 10.6. The largest absolute Gasteiger partial charge is 0.495 e. The summed E-state index contributed by atoms with van der Waals surface area (Å²) in [5.41, 5.74) is 3.68. The van der Waals surface area contributed by atoms with E-state index in [0.29, 0.717) is 27.8 Å². The molecule has 2 aromatic carbocycles. The standard InChI is InChI=1S/C31H27N5O3S/c1-39-28-16-22(40(32,38)21-5-6-21)7-10-26(28)35-29-17-23-20(18-34-29)11-14-33-25(23)9-4-19-3-8-24-27(15-19)36-30(37)31(24)12-2-13-31/h3,7-8,10-11,14-18,21,32H,2,5-6,12-13H2,1H3,(H,34,35)(H,36,37). The predicted octanol–water partition coefficient (Wildman–Crippen LogP) is 5.72. The van der Waals surface area contributed by atoms with Gasteiger partial charge in [0, 0.05) is 39.7 Å². The van der Waals surface area contributed by atoms with Gasteiger partial charge in [0.05, 0.1) is 32.8 Å². The Labute approximate surface area is 232 Å². The van der Waals surface area contributed by atoms with Gasteiger partial charge in [-0.25, -0.2) is 19.0 Å². The number of anilines is 3. The first kappa shape index (κ1) is 24.6. The molecule has 2 aliphatic carbocycles. The number of hydrogen-bond donors (Lipinski definition) is 3. The van der Waals surface area contributed by atoms with Gasteiger partial charge in [0.2, 0.25) is 5.91 Å². The van der Waals surface area contributed by atoms with Crippen LogP contribution in [0.3, 0.4) is 0 Å². The maximum Gasteiger partial charge on any atom is 0.235 e. The fraction of sp³-hybridized carbons (Fsp3) is 0.258. The number of fused-ring (bicyclic) bond motifs is 3. The molecule has 2 saturated carbocycles. The summed E-state index contributed by atoms with van der Waals surface area (Å²) in [6.45, 7) is 0. The van der Waals surface area contributed by atoms with E-state index in [1.165, 1.54) is 0 Å². The molecule has 2 aromatic heterocycles. The molecule has 200 valence electrons. The number of carbonyl (C=O) groups is 1. The van der Waals surface area contributed by atoms with E-state index >= 15 is 0 Å². The lowest BCUT2D eigenvalue weighted by molar-refractivity contribution is -0.123. The lowest BCUT2D eigenvalue weighted by atomic mass is 9.65. The van der Waals surface area contributed by atoms with Crippen LogP contribution in [0, 0.1) is 16.6 Å². The van der Waals surface area contributed by atoms with Gasteiger partial charge in [-0.15, -0.1) is 0 Å². The summed E-state index contributed by atoms with van der Waals surface area (Å²) in [5.74, 6) is 7.59. The Kier molecular flexibility index (Phi) is 5.58. The lowest BCUT2D eigenvalue weighted by Gasteiger charge is -2.36. The molecule has 0 radical (unpaired) electrons. The van der Waals surface area contributed by atoms with Crippen molar-refractivity contribution in [1.82, 2.24) is 9.97 Å². The molecular weight excluding hydrogens is 522 g/mol. The highest BCUT2D eigenvalue weighted by Crippen LogP contribution is 2.51. The second-order valence-corrected chi connectivity index (χ2v) is 13.0. The zero-order valence-electron chi connectivity index (χ0n) is 21.9. The molecule has 4 aromatic rings. The second kappa shape index (κ2) is 9.07. The molecule has 0 saturated heterocycles. The van der Waals surface area contributed by atoms with E-state index in [1.54, 1.807) is 37.7 Å². The van der Waals surface area contributed by atoms with Crippen LogP contribution in [-0.4, -0.2) is 32.4 Å². The third-order valence-corrected chi connectivity index (χ3v) is 10.5. The maximum atomic E-state index is 12.9. The van der Waals surface area contributed by atoms with Crippen LogP contribution < -0.4 is 15.4 Å². The molecule has 3 heterocycles. The van der Waals surface area contributed by atoms with Gasteiger partial charge in [-0.05, 0) is 79.6 Å². The van der Waals surface area contributed by atoms with E-state index in [-0.39, 0.29) is 16.6 Å². The first-order valence-electron chi connectivity index (χ1n) is 13.3. The van der Waals surface area contributed by atoms with Gasteiger partial charge in [0.15, 0.2) is 0 Å². The molecule has 40 heavy (non-hydrogen) atoms. The average Bonchev–Trinajstić information content (AvgIpc) is 3.75. The minimum atomic E-state index is -2.83. The summed E-state index contributed by atoms with van der Waals surface area (Å²) in [7, 11) is -1.28. The van der Waals surface area contributed by atoms with Crippen LogP contribution in [0.1, 0.15) is 48.9 Å². The Bertz CT molecular complexity index is 1880. The predicted molar refractivity (Wildman–Crippen MR) is 155 cm³/mol. The third-order valence-electron chi connectivity index (χ3n) is 8.18. The van der Waals surface area contributed by atoms with Gasteiger partial charge in [-0.2, -0.15) is 0 Å². The zero-order valence-corrected chi connectivity index (χ0v) is 22.7. The number of pyridine rings is 2. The Balaban J connectivity index is 1.18. The van der Waals surface area contributed by atoms with Gasteiger partial charge in [-0.1, -0.05) is 18.4 Å². The van der Waals surface area contributed by atoms with Crippen LogP contribution in [-0.2, 0) is 19.9 Å². The quantitative estimate of drug-likeness (QED) is 0.274. The maximum absolute atomic E-state index is 12.9. The van der Waals surface area contributed by atoms with Crippen LogP contribution in [0.15, 0.2) is 65.8 Å². The minimum absolute atomic E-state index is 0.0693. The normalized spacial score (nSPS) is 18.2. The number of rotatable bonds is 5. The minimum Gasteiger partial charge on any atom is -0.495 e. The number of methoxy groups -OCH3 is 1. The summed E-state index contributed by atoms with van der Waals surface area (Å²) in [5, 5.41) is 8.00. The van der Waals surface area contributed by atoms with E-state index in [2.05, 4.69) is 32.4 Å². The average molecular weight is 550 g/mol. The Morgan fingerprint density at radius 3 is 2.70 bits per heavy atom. The van der Waals surface area contributed by atoms with Gasteiger partial charge in [0.25, 0.3) is 0 Å². The summed E-state index contributed by atoms with van der Waals surface area (Å²) in [6.07, 6.45) is 8.02. The van der Waals surface area contributed by atoms with Crippen molar-refractivity contribution in [3.05, 3.63) is 77.7 Å². The molecule has 7 rings (SSSR count). The van der Waals surface area contributed by atoms with Crippen LogP contribution in [0.25, 0.3) is 10.8 Å². The molecule has 1 atom stereocenters. The zero-order chi connectivity index (χ0) is 27.5. The van der Waals surface area contributed by atoms with Gasteiger partial charge in [0.1, 0.15) is 17.3 Å². The highest BCUT2D eigenvalue weighted by Gasteiger charge is 2.50. The lowest BCUT2D eigenvalue weighted by Crippen LogP contribution is -2.40. The molecule has 1 spiro atoms. The first-order valence-corrected chi connectivity index (χ1v) is 14.9. The topological polar surface area (TPSA) is 117 Å². The van der Waals surface area contributed by atoms with Crippen molar-refractivity contribution in [3.8, 4) is 17.6 Å². The molecule has 0 bridgehead atoms. The number of carbonyl (C=O) groups excluding carboxylic acids is 1. The van der Waals surface area contributed by atoms with Crippen molar-refractivity contribution in [3.63, 3.8) is 0 Å². The number of ether oxygens (including phenoxy) is 1. The van der Waals surface area contributed by atoms with Gasteiger partial charge in [-0.3, -0.25) is 4.79 Å². The molecule has 3 aliphatic rings. The highest BCUT2D eigenvalue weighted by molar-refractivity contribution is 7.93. The Morgan fingerprint density at radius 1 is 1.10 bits per heavy atom. The molecule has 1 aliphatic heterocycles. The smallest absolute Gasteiger partial charge is 0.235 e. The number of aromatic nitrogens is 2. The molecule has 1 amide bonds. The van der Waals surface area contributed by atoms with Gasteiger partial charge < -0.3 is 15.4 Å². The Morgan fingerprint density at radius 2 is 1.95 bits per heavy atom. The van der Waals surface area contributed by atoms with Crippen molar-refractivity contribution >= 4 is 43.6 Å². The number of benzene rings is 2. The Hall–Kier alpha value is -4.42. The van der Waals surface area contributed by atoms with Crippen molar-refractivity contribution in [2.24, 2.45) is 0 Å². The van der Waals surface area contributed by atoms with Gasteiger partial charge >= 0.3 is 0 Å². The van der Waals surface area contributed by atoms with Crippen molar-refractivity contribution < 1.29 is 13.7 Å². The number of nitrogens with one attached hydrogen (secondary N) is 3. The van der Waals surface area contributed by atoms with E-state index in [9.17, 15) is 9.00 Å². The van der Waals surface area contributed by atoms with Crippen LogP contribution >= 0.6 is 0 Å². The summed E-state index contributed by atoms with van der Waals surface area (Å²) < 4.78 is 26.8. The highest BCUT2D eigenvalue weighted by atomic mass is 32.2. The van der Waals surface area contributed by atoms with E-state index in [4.69, 9.17) is 9.52 Å². The molecular formula is C31H27N5O3S. The molecule has 2 fully saturated rings. The SMILES string of the molecule is COc1cc(S(=N)(=O)C2CC2)ccc1Nc1cc2c(C#Cc3ccc4c(c3)NC(=O)C43CCC3)nccc2cn1. The summed E-state index contributed by atoms with van der Waals surface area (Å²) in [4.78, 5) is 22.1. The monoisotopic (exact) mass is 549 g/mol. The molecule has 3 N–H and O–H groups in total. The number of nitrogens with zero attached hydrogens (tertiary/aromatic N) is 2. The fourth-order valence-corrected chi connectivity index (χ4v) is 7.33. The van der Waals surface area contributed by atoms with E-state index in [1.807, 2.05) is 30.3 Å². The van der Waals surface area contributed by atoms with Crippen LogP contribution in [0.5, 0.6) is 5.75 Å². The molecule has 8 nitrogen and oxygen atoms in total. The fourth-order valence-electron chi connectivity index (χ4n) is 5.59. The van der Waals surface area contributed by atoms with Crippen molar-refractivity contribution in [1.29, 1.82) is 4.78 Å². The number of hydrogen-bond acceptors (Lipinski definition) is 7. The van der Waals surface area contributed by atoms with Crippen molar-refractivity contribution in [2.75, 3.05) is 17.7 Å². The summed E-state index contributed by atoms with van der Waals surface area (Å²) in [6, 6.07) is 14.9. The van der Waals surface area contributed by atoms with E-state index in [0.717, 1.165) is 59.7 Å². The first-order chi connectivity index (χ1) is 19.4. The number of amides is 1.